The molecule has 2 aromatic heterocycles. The number of carbonyl (C=O) groups excluding carboxylic acids is 1. The third-order valence-electron chi connectivity index (χ3n) is 6.12. The number of carbonyl (C=O) groups is 1. The molecule has 0 saturated heterocycles. The molecule has 0 unspecified atom stereocenters. The van der Waals surface area contributed by atoms with Gasteiger partial charge in [0.2, 0.25) is 0 Å². The Morgan fingerprint density at radius 3 is 2.65 bits per heavy atom. The molecule has 3 aromatic rings. The molecule has 31 heavy (non-hydrogen) atoms. The van der Waals surface area contributed by atoms with E-state index in [1.54, 1.807) is 42.2 Å². The summed E-state index contributed by atoms with van der Waals surface area (Å²) in [6.07, 6.45) is 3.52. The van der Waals surface area contributed by atoms with Crippen molar-refractivity contribution < 1.29 is 24.3 Å². The van der Waals surface area contributed by atoms with Crippen molar-refractivity contribution in [1.29, 1.82) is 0 Å². The lowest BCUT2D eigenvalue weighted by molar-refractivity contribution is -0.172. The number of aromatic nitrogens is 2. The number of esters is 1. The number of hydrogen-bond acceptors (Lipinski definition) is 7. The van der Waals surface area contributed by atoms with Gasteiger partial charge in [-0.3, -0.25) is 4.79 Å². The Labute approximate surface area is 179 Å². The number of phenols is 1. The van der Waals surface area contributed by atoms with Crippen molar-refractivity contribution in [3.8, 4) is 17.1 Å². The Morgan fingerprint density at radius 2 is 1.97 bits per heavy atom. The van der Waals surface area contributed by atoms with E-state index in [1.807, 2.05) is 0 Å². The lowest BCUT2D eigenvalue weighted by Gasteiger charge is -2.31. The molecule has 3 N–H and O–H groups in total. The lowest BCUT2D eigenvalue weighted by Crippen LogP contribution is -2.44. The molecule has 0 fully saturated rings. The van der Waals surface area contributed by atoms with Crippen LogP contribution in [0.3, 0.4) is 0 Å². The summed E-state index contributed by atoms with van der Waals surface area (Å²) in [5.74, 6) is -0.709. The van der Waals surface area contributed by atoms with Crippen LogP contribution in [-0.4, -0.2) is 42.8 Å². The number of nitrogens with zero attached hydrogens (tertiary/aromatic N) is 2. The summed E-state index contributed by atoms with van der Waals surface area (Å²) in [5.41, 5.74) is 0.545. The zero-order valence-electron chi connectivity index (χ0n) is 17.3. The first-order chi connectivity index (χ1) is 14.6. The maximum Gasteiger partial charge on any atom is 0.343 e. The van der Waals surface area contributed by atoms with Crippen LogP contribution in [-0.2, 0) is 28.3 Å². The number of hydrogen-bond donors (Lipinski definition) is 3. The molecule has 5 rings (SSSR count). The molecule has 4 heterocycles. The summed E-state index contributed by atoms with van der Waals surface area (Å²) >= 11 is 0. The number of cyclic esters (lactones) is 1. The van der Waals surface area contributed by atoms with E-state index in [0.717, 1.165) is 0 Å². The zero-order chi connectivity index (χ0) is 22.3. The zero-order valence-corrected chi connectivity index (χ0v) is 18.1. The fraction of sp³-hybridized carbons (Fsp3) is 0.318. The second kappa shape index (κ2) is 6.32. The smallest absolute Gasteiger partial charge is 0.343 e. The van der Waals surface area contributed by atoms with Gasteiger partial charge in [-0.25, -0.2) is 9.78 Å². The van der Waals surface area contributed by atoms with E-state index in [1.165, 1.54) is 6.07 Å². The number of benzene rings is 1. The number of pyridine rings is 2. The van der Waals surface area contributed by atoms with E-state index in [-0.39, 0.29) is 42.0 Å². The van der Waals surface area contributed by atoms with Gasteiger partial charge in [0.05, 0.1) is 29.0 Å². The highest BCUT2D eigenvalue weighted by atomic mass is 32.3. The Hall–Kier alpha value is -2.88. The molecular formula is C22H22N2O6S. The predicted molar refractivity (Wildman–Crippen MR) is 117 cm³/mol. The number of fused-ring (bicyclic) bond motifs is 5. The molecule has 8 nitrogen and oxygen atoms in total. The molecule has 0 saturated carbocycles. The predicted octanol–water partition coefficient (Wildman–Crippen LogP) is 2.68. The molecule has 0 amide bonds. The average molecular weight is 442 g/mol. The van der Waals surface area contributed by atoms with Crippen LogP contribution in [0.5, 0.6) is 5.75 Å². The number of aliphatic hydroxyl groups is 1. The van der Waals surface area contributed by atoms with E-state index in [4.69, 9.17) is 9.72 Å². The van der Waals surface area contributed by atoms with Crippen LogP contribution >= 0.6 is 10.3 Å². The summed E-state index contributed by atoms with van der Waals surface area (Å²) < 4.78 is 17.7. The van der Waals surface area contributed by atoms with Gasteiger partial charge in [0.1, 0.15) is 12.4 Å². The Balaban J connectivity index is 1.87. The van der Waals surface area contributed by atoms with Crippen LogP contribution in [0.25, 0.3) is 22.3 Å². The summed E-state index contributed by atoms with van der Waals surface area (Å²) in [4.78, 5) is 31.0. The molecular weight excluding hydrogens is 420 g/mol. The highest BCUT2D eigenvalue weighted by Gasteiger charge is 2.45. The monoisotopic (exact) mass is 442 g/mol. The summed E-state index contributed by atoms with van der Waals surface area (Å²) in [6.45, 7) is 1.65. The van der Waals surface area contributed by atoms with Gasteiger partial charge in [-0.2, -0.15) is 0 Å². The van der Waals surface area contributed by atoms with Crippen LogP contribution < -0.4 is 5.56 Å². The van der Waals surface area contributed by atoms with Gasteiger partial charge >= 0.3 is 5.97 Å². The SMILES string of the molecule is CC[C@@]1(O)C(=O)OCc2c1cc1n(c2=O)Cc2c-1nc1ccc(O)cc1c2S(C)(C)O. The van der Waals surface area contributed by atoms with E-state index in [9.17, 15) is 24.4 Å². The summed E-state index contributed by atoms with van der Waals surface area (Å²) in [7, 11) is -2.25. The Bertz CT molecular complexity index is 1360. The van der Waals surface area contributed by atoms with Crippen molar-refractivity contribution in [3.63, 3.8) is 0 Å². The maximum absolute atomic E-state index is 13.3. The largest absolute Gasteiger partial charge is 0.508 e. The minimum atomic E-state index is -2.25. The van der Waals surface area contributed by atoms with Gasteiger partial charge in [0.25, 0.3) is 5.56 Å². The number of aromatic hydroxyl groups is 1. The highest BCUT2D eigenvalue weighted by Crippen LogP contribution is 2.53. The van der Waals surface area contributed by atoms with Crippen LogP contribution in [0.1, 0.15) is 30.0 Å². The number of rotatable bonds is 2. The molecule has 0 spiro atoms. The molecule has 9 heteroatoms. The van der Waals surface area contributed by atoms with Crippen molar-refractivity contribution in [3.05, 3.63) is 51.3 Å². The van der Waals surface area contributed by atoms with Gasteiger partial charge in [-0.1, -0.05) is 6.92 Å². The van der Waals surface area contributed by atoms with Gasteiger partial charge in [0.15, 0.2) is 5.60 Å². The Kier molecular flexibility index (Phi) is 4.09. The fourth-order valence-corrected chi connectivity index (χ4v) is 6.07. The van der Waals surface area contributed by atoms with Crippen molar-refractivity contribution in [2.75, 3.05) is 12.5 Å². The third kappa shape index (κ3) is 2.67. The number of phenolic OH excluding ortho intramolecular Hbond substituents is 1. The maximum atomic E-state index is 13.3. The minimum Gasteiger partial charge on any atom is -0.508 e. The molecule has 1 aromatic carbocycles. The fourth-order valence-electron chi connectivity index (χ4n) is 4.60. The van der Waals surface area contributed by atoms with Crippen molar-refractivity contribution >= 4 is 27.2 Å². The van der Waals surface area contributed by atoms with Crippen LogP contribution in [0.15, 0.2) is 34.0 Å². The van der Waals surface area contributed by atoms with E-state index in [2.05, 4.69) is 0 Å². The molecule has 0 aliphatic carbocycles. The quantitative estimate of drug-likeness (QED) is 0.408. The second-order valence-electron chi connectivity index (χ2n) is 8.35. The van der Waals surface area contributed by atoms with Gasteiger partial charge < -0.3 is 24.1 Å². The van der Waals surface area contributed by atoms with Gasteiger partial charge in [-0.05, 0) is 43.2 Å². The molecule has 162 valence electrons. The third-order valence-corrected chi connectivity index (χ3v) is 7.58. The Morgan fingerprint density at radius 1 is 1.23 bits per heavy atom. The topological polar surface area (TPSA) is 122 Å². The number of ether oxygens (including phenoxy) is 1. The second-order valence-corrected chi connectivity index (χ2v) is 11.3. The molecule has 0 radical (unpaired) electrons. The average Bonchev–Trinajstić information content (AvgIpc) is 3.07. The van der Waals surface area contributed by atoms with Crippen LogP contribution in [0.2, 0.25) is 0 Å². The standard InChI is InChI=1S/C22H22N2O6S/c1-4-22(28)15-8-17-18-13(9-24(17)20(26)14(15)10-30-21(22)27)19(31(2,3)29)12-7-11(25)5-6-16(12)23-18/h5-8,25,28-29H,4,9-10H2,1-3H3/t22-/m0/s1. The van der Waals surface area contributed by atoms with Gasteiger partial charge in [-0.15, -0.1) is 10.3 Å². The first-order valence-electron chi connectivity index (χ1n) is 9.85. The van der Waals surface area contributed by atoms with E-state index < -0.39 is 21.9 Å². The molecule has 1 atom stereocenters. The van der Waals surface area contributed by atoms with E-state index in [0.29, 0.717) is 32.7 Å². The van der Waals surface area contributed by atoms with Crippen LogP contribution in [0.4, 0.5) is 0 Å². The van der Waals surface area contributed by atoms with Crippen LogP contribution in [0, 0.1) is 0 Å². The summed E-state index contributed by atoms with van der Waals surface area (Å²) in [6, 6.07) is 6.40. The molecule has 2 aliphatic heterocycles. The first-order valence-corrected chi connectivity index (χ1v) is 12.3. The minimum absolute atomic E-state index is 0.0611. The van der Waals surface area contributed by atoms with Crippen molar-refractivity contribution in [2.24, 2.45) is 0 Å². The van der Waals surface area contributed by atoms with E-state index >= 15 is 0 Å². The highest BCUT2D eigenvalue weighted by molar-refractivity contribution is 8.28. The first kappa shape index (κ1) is 20.0. The summed E-state index contributed by atoms with van der Waals surface area (Å²) in [5, 5.41) is 21.6. The van der Waals surface area contributed by atoms with Gasteiger partial charge in [0, 0.05) is 21.4 Å². The van der Waals surface area contributed by atoms with Crippen molar-refractivity contribution in [2.45, 2.75) is 37.0 Å². The molecule has 2 aliphatic rings. The molecule has 0 bridgehead atoms. The lowest BCUT2D eigenvalue weighted by atomic mass is 9.86. The van der Waals surface area contributed by atoms with Crippen molar-refractivity contribution in [1.82, 2.24) is 9.55 Å². The normalized spacial score (nSPS) is 20.2.